The molecule has 0 bridgehead atoms. The van der Waals surface area contributed by atoms with Crippen LogP contribution in [-0.2, 0) is 4.79 Å². The van der Waals surface area contributed by atoms with Crippen molar-refractivity contribution in [1.29, 1.82) is 0 Å². The number of amides is 1. The van der Waals surface area contributed by atoms with Crippen LogP contribution in [0.3, 0.4) is 0 Å². The van der Waals surface area contributed by atoms with Crippen molar-refractivity contribution in [1.82, 2.24) is 0 Å². The Hall–Kier alpha value is -0.570. The third kappa shape index (κ3) is 1.04. The van der Waals surface area contributed by atoms with E-state index in [0.717, 1.165) is 12.8 Å². The number of aliphatic hydroxyl groups is 1. The van der Waals surface area contributed by atoms with Gasteiger partial charge >= 0.3 is 0 Å². The van der Waals surface area contributed by atoms with Crippen LogP contribution in [0.4, 0.5) is 0 Å². The Morgan fingerprint density at radius 1 is 1.42 bits per heavy atom. The number of nitrogens with two attached hydrogens (primary N) is 1. The maximum atomic E-state index is 11.0. The van der Waals surface area contributed by atoms with E-state index >= 15 is 0 Å². The summed E-state index contributed by atoms with van der Waals surface area (Å²) >= 11 is 0. The molecule has 0 saturated heterocycles. The van der Waals surface area contributed by atoms with Gasteiger partial charge in [-0.05, 0) is 43.9 Å². The molecule has 2 aliphatic carbocycles. The summed E-state index contributed by atoms with van der Waals surface area (Å²) in [4.78, 5) is 11.0. The van der Waals surface area contributed by atoms with Crippen LogP contribution in [0.2, 0.25) is 0 Å². The Kier molecular flexibility index (Phi) is 1.65. The van der Waals surface area contributed by atoms with Crippen molar-refractivity contribution >= 4 is 5.91 Å². The highest BCUT2D eigenvalue weighted by atomic mass is 16.3. The lowest BCUT2D eigenvalue weighted by atomic mass is 9.86. The summed E-state index contributed by atoms with van der Waals surface area (Å²) in [5.74, 6) is 0.219. The van der Waals surface area contributed by atoms with Gasteiger partial charge in [-0.25, -0.2) is 0 Å². The molecule has 1 unspecified atom stereocenters. The smallest absolute Gasteiger partial charge is 0.249 e. The van der Waals surface area contributed by atoms with E-state index < -0.39 is 11.5 Å². The minimum Gasteiger partial charge on any atom is -0.380 e. The monoisotopic (exact) mass is 169 g/mol. The van der Waals surface area contributed by atoms with Crippen LogP contribution >= 0.6 is 0 Å². The lowest BCUT2D eigenvalue weighted by molar-refractivity contribution is -0.140. The summed E-state index contributed by atoms with van der Waals surface area (Å²) in [5, 5.41) is 9.96. The topological polar surface area (TPSA) is 63.3 Å². The van der Waals surface area contributed by atoms with E-state index in [1.807, 2.05) is 0 Å². The molecule has 0 aliphatic heterocycles. The Bertz CT molecular complexity index is 213. The van der Waals surface area contributed by atoms with E-state index in [9.17, 15) is 9.90 Å². The van der Waals surface area contributed by atoms with E-state index in [1.165, 1.54) is 12.8 Å². The van der Waals surface area contributed by atoms with Gasteiger partial charge in [0.25, 0.3) is 0 Å². The summed E-state index contributed by atoms with van der Waals surface area (Å²) in [6, 6.07) is 0. The van der Waals surface area contributed by atoms with Crippen molar-refractivity contribution < 1.29 is 9.90 Å². The number of hydrogen-bond donors (Lipinski definition) is 2. The van der Waals surface area contributed by atoms with Gasteiger partial charge in [0, 0.05) is 0 Å². The summed E-state index contributed by atoms with van der Waals surface area (Å²) in [6.45, 7) is 0. The lowest BCUT2D eigenvalue weighted by Gasteiger charge is -2.26. The van der Waals surface area contributed by atoms with Crippen LogP contribution < -0.4 is 5.73 Å². The highest BCUT2D eigenvalue weighted by molar-refractivity contribution is 5.84. The Balaban J connectivity index is 2.16. The first-order valence-corrected chi connectivity index (χ1v) is 4.67. The average Bonchev–Trinajstić information content (AvgIpc) is 2.76. The van der Waals surface area contributed by atoms with Crippen molar-refractivity contribution in [2.75, 3.05) is 0 Å². The molecular weight excluding hydrogens is 154 g/mol. The number of hydrogen-bond acceptors (Lipinski definition) is 2. The number of carbonyl (C=O) groups excluding carboxylic acids is 1. The molecule has 0 radical (unpaired) electrons. The van der Waals surface area contributed by atoms with E-state index in [4.69, 9.17) is 5.73 Å². The quantitative estimate of drug-likeness (QED) is 0.629. The summed E-state index contributed by atoms with van der Waals surface area (Å²) in [7, 11) is 0. The van der Waals surface area contributed by atoms with Crippen molar-refractivity contribution in [3.63, 3.8) is 0 Å². The highest BCUT2D eigenvalue weighted by Gasteiger charge is 2.52. The number of carbonyl (C=O) groups is 1. The minimum absolute atomic E-state index is 0.162. The SMILES string of the molecule is NC(=O)[C@@]1(O)CCCC1C1CC1. The number of rotatable bonds is 2. The van der Waals surface area contributed by atoms with Crippen LogP contribution in [-0.4, -0.2) is 16.6 Å². The molecule has 0 heterocycles. The molecule has 2 aliphatic rings. The molecule has 0 aromatic carbocycles. The molecule has 3 N–H and O–H groups in total. The normalized spacial score (nSPS) is 41.6. The van der Waals surface area contributed by atoms with Crippen LogP contribution in [0.5, 0.6) is 0 Å². The van der Waals surface area contributed by atoms with Crippen LogP contribution in [0.15, 0.2) is 0 Å². The third-order valence-corrected chi connectivity index (χ3v) is 3.30. The molecule has 3 nitrogen and oxygen atoms in total. The second kappa shape index (κ2) is 2.46. The molecule has 2 saturated carbocycles. The van der Waals surface area contributed by atoms with Crippen LogP contribution in [0.1, 0.15) is 32.1 Å². The third-order valence-electron chi connectivity index (χ3n) is 3.30. The van der Waals surface area contributed by atoms with Gasteiger partial charge < -0.3 is 10.8 Å². The fourth-order valence-electron chi connectivity index (χ4n) is 2.45. The second-order valence-electron chi connectivity index (χ2n) is 4.12. The van der Waals surface area contributed by atoms with E-state index in [1.54, 1.807) is 0 Å². The first kappa shape index (κ1) is 8.05. The number of primary amides is 1. The molecule has 0 aromatic heterocycles. The molecule has 2 rings (SSSR count). The van der Waals surface area contributed by atoms with E-state index in [0.29, 0.717) is 12.3 Å². The zero-order chi connectivity index (χ0) is 8.77. The Morgan fingerprint density at radius 2 is 2.08 bits per heavy atom. The van der Waals surface area contributed by atoms with Crippen molar-refractivity contribution in [2.45, 2.75) is 37.7 Å². The van der Waals surface area contributed by atoms with Gasteiger partial charge in [-0.2, -0.15) is 0 Å². The van der Waals surface area contributed by atoms with Crippen LogP contribution in [0, 0.1) is 11.8 Å². The van der Waals surface area contributed by atoms with Crippen molar-refractivity contribution in [2.24, 2.45) is 17.6 Å². The van der Waals surface area contributed by atoms with Gasteiger partial charge in [0.1, 0.15) is 5.60 Å². The summed E-state index contributed by atoms with van der Waals surface area (Å²) in [6.07, 6.45) is 4.83. The first-order chi connectivity index (χ1) is 5.64. The summed E-state index contributed by atoms with van der Waals surface area (Å²) in [5.41, 5.74) is 4.03. The molecule has 1 amide bonds. The van der Waals surface area contributed by atoms with Crippen molar-refractivity contribution in [3.8, 4) is 0 Å². The van der Waals surface area contributed by atoms with Gasteiger partial charge in [-0.15, -0.1) is 0 Å². The molecule has 2 fully saturated rings. The van der Waals surface area contributed by atoms with E-state index in [-0.39, 0.29) is 5.92 Å². The zero-order valence-corrected chi connectivity index (χ0v) is 7.12. The molecular formula is C9H15NO2. The zero-order valence-electron chi connectivity index (χ0n) is 7.12. The maximum Gasteiger partial charge on any atom is 0.249 e. The molecule has 2 atom stereocenters. The molecule has 0 aromatic rings. The van der Waals surface area contributed by atoms with Gasteiger partial charge in [-0.1, -0.05) is 0 Å². The summed E-state index contributed by atoms with van der Waals surface area (Å²) < 4.78 is 0. The van der Waals surface area contributed by atoms with Gasteiger partial charge in [0.05, 0.1) is 0 Å². The average molecular weight is 169 g/mol. The molecule has 0 spiro atoms. The predicted molar refractivity (Wildman–Crippen MR) is 44.2 cm³/mol. The minimum atomic E-state index is -1.17. The predicted octanol–water partition coefficient (Wildman–Crippen LogP) is 0.413. The maximum absolute atomic E-state index is 11.0. The fraction of sp³-hybridized carbons (Fsp3) is 0.889. The molecule has 3 heteroatoms. The first-order valence-electron chi connectivity index (χ1n) is 4.67. The fourth-order valence-corrected chi connectivity index (χ4v) is 2.45. The van der Waals surface area contributed by atoms with Crippen molar-refractivity contribution in [3.05, 3.63) is 0 Å². The Labute approximate surface area is 71.9 Å². The lowest BCUT2D eigenvalue weighted by Crippen LogP contribution is -2.47. The molecule has 12 heavy (non-hydrogen) atoms. The second-order valence-corrected chi connectivity index (χ2v) is 4.12. The van der Waals surface area contributed by atoms with E-state index in [2.05, 4.69) is 0 Å². The standard InChI is InChI=1S/C9H15NO2/c10-8(11)9(12)5-1-2-7(9)6-3-4-6/h6-7,12H,1-5H2,(H2,10,11)/t7?,9-/m1/s1. The molecule has 68 valence electrons. The van der Waals surface area contributed by atoms with Gasteiger partial charge in [-0.3, -0.25) is 4.79 Å². The van der Waals surface area contributed by atoms with Gasteiger partial charge in [0.15, 0.2) is 0 Å². The highest BCUT2D eigenvalue weighted by Crippen LogP contribution is 2.49. The Morgan fingerprint density at radius 3 is 2.58 bits per heavy atom. The van der Waals surface area contributed by atoms with Gasteiger partial charge in [0.2, 0.25) is 5.91 Å². The largest absolute Gasteiger partial charge is 0.380 e. The van der Waals surface area contributed by atoms with Crippen LogP contribution in [0.25, 0.3) is 0 Å².